The number of hydrogen-bond donors (Lipinski definition) is 0. The molecular formula is C39H26N6Pt. The maximum absolute atomic E-state index is 5.10. The number of rotatable bonds is 4. The SMILES string of the molecule is Cn1c(-c2[c-]c(-n3c4[c-]c(-c5nc6cc(-c7ccccc7)ccc6n5C)ccc4c4cccnc43)ccc2)nc2ccccc21.[Pt+2]. The van der Waals surface area contributed by atoms with Gasteiger partial charge in [0.15, 0.2) is 0 Å². The van der Waals surface area contributed by atoms with Crippen LogP contribution < -0.4 is 0 Å². The molecule has 0 amide bonds. The van der Waals surface area contributed by atoms with E-state index >= 15 is 0 Å². The Morgan fingerprint density at radius 2 is 1.30 bits per heavy atom. The van der Waals surface area contributed by atoms with Crippen LogP contribution in [0, 0.1) is 12.1 Å². The van der Waals surface area contributed by atoms with Gasteiger partial charge in [0.1, 0.15) is 5.65 Å². The van der Waals surface area contributed by atoms with Gasteiger partial charge in [0.05, 0.1) is 33.7 Å². The van der Waals surface area contributed by atoms with Crippen molar-refractivity contribution in [2.75, 3.05) is 0 Å². The van der Waals surface area contributed by atoms with E-state index in [1.807, 2.05) is 43.6 Å². The molecule has 6 nitrogen and oxygen atoms in total. The fraction of sp³-hybridized carbons (Fsp3) is 0.0513. The Hall–Kier alpha value is -5.32. The first kappa shape index (κ1) is 28.2. The van der Waals surface area contributed by atoms with Gasteiger partial charge < -0.3 is 13.7 Å². The number of para-hydroxylation sites is 2. The van der Waals surface area contributed by atoms with Crippen molar-refractivity contribution in [2.45, 2.75) is 0 Å². The Labute approximate surface area is 279 Å². The van der Waals surface area contributed by atoms with Crippen LogP contribution in [0.25, 0.3) is 83.6 Å². The Morgan fingerprint density at radius 1 is 0.565 bits per heavy atom. The molecule has 4 heterocycles. The molecule has 0 saturated heterocycles. The fourth-order valence-corrected chi connectivity index (χ4v) is 6.49. The van der Waals surface area contributed by atoms with Crippen LogP contribution in [0.5, 0.6) is 0 Å². The molecule has 0 fully saturated rings. The number of pyridine rings is 1. The van der Waals surface area contributed by atoms with E-state index in [4.69, 9.17) is 15.0 Å². The van der Waals surface area contributed by atoms with Gasteiger partial charge in [-0.2, -0.15) is 0 Å². The Kier molecular flexibility index (Phi) is 6.70. The molecule has 0 N–H and O–H groups in total. The molecule has 0 spiro atoms. The maximum atomic E-state index is 5.10. The van der Waals surface area contributed by atoms with Gasteiger partial charge in [0.25, 0.3) is 0 Å². The normalized spacial score (nSPS) is 11.5. The van der Waals surface area contributed by atoms with E-state index in [-0.39, 0.29) is 21.1 Å². The molecule has 5 aromatic carbocycles. The van der Waals surface area contributed by atoms with Crippen molar-refractivity contribution in [1.82, 2.24) is 28.7 Å². The van der Waals surface area contributed by atoms with Crippen LogP contribution in [-0.2, 0) is 35.2 Å². The van der Waals surface area contributed by atoms with Crippen molar-refractivity contribution in [1.29, 1.82) is 0 Å². The molecule has 0 unspecified atom stereocenters. The van der Waals surface area contributed by atoms with Crippen LogP contribution in [0.15, 0.2) is 121 Å². The van der Waals surface area contributed by atoms with E-state index in [9.17, 15) is 0 Å². The van der Waals surface area contributed by atoms with Gasteiger partial charge in [-0.15, -0.1) is 53.6 Å². The van der Waals surface area contributed by atoms with Gasteiger partial charge in [-0.1, -0.05) is 60.0 Å². The summed E-state index contributed by atoms with van der Waals surface area (Å²) in [5.74, 6) is 1.73. The second-order valence-corrected chi connectivity index (χ2v) is 11.3. The van der Waals surface area contributed by atoms with E-state index in [2.05, 4.69) is 118 Å². The van der Waals surface area contributed by atoms with E-state index in [0.717, 1.165) is 78.0 Å². The van der Waals surface area contributed by atoms with Crippen molar-refractivity contribution in [2.24, 2.45) is 14.1 Å². The van der Waals surface area contributed by atoms with Gasteiger partial charge in [-0.05, 0) is 58.0 Å². The largest absolute Gasteiger partial charge is 2.00 e. The zero-order valence-corrected chi connectivity index (χ0v) is 27.3. The van der Waals surface area contributed by atoms with Crippen molar-refractivity contribution in [3.8, 4) is 39.6 Å². The summed E-state index contributed by atoms with van der Waals surface area (Å²) in [7, 11) is 4.11. The summed E-state index contributed by atoms with van der Waals surface area (Å²) in [6.07, 6.45) is 1.84. The molecule has 222 valence electrons. The van der Waals surface area contributed by atoms with Crippen LogP contribution in [0.1, 0.15) is 0 Å². The Bertz CT molecular complexity index is 2570. The third kappa shape index (κ3) is 4.32. The predicted molar refractivity (Wildman–Crippen MR) is 181 cm³/mol. The molecule has 46 heavy (non-hydrogen) atoms. The summed E-state index contributed by atoms with van der Waals surface area (Å²) < 4.78 is 6.41. The molecule has 0 radical (unpaired) electrons. The number of imidazole rings is 2. The van der Waals surface area contributed by atoms with Gasteiger partial charge >= 0.3 is 21.1 Å². The summed E-state index contributed by atoms with van der Waals surface area (Å²) in [6, 6.07) is 47.0. The zero-order valence-electron chi connectivity index (χ0n) is 25.0. The minimum atomic E-state index is 0. The number of fused-ring (bicyclic) bond motifs is 5. The van der Waals surface area contributed by atoms with E-state index < -0.39 is 0 Å². The summed E-state index contributed by atoms with van der Waals surface area (Å²) in [5, 5.41) is 2.14. The number of benzene rings is 5. The van der Waals surface area contributed by atoms with Crippen LogP contribution in [0.3, 0.4) is 0 Å². The average molecular weight is 774 g/mol. The molecule has 0 aliphatic carbocycles. The molecule has 0 aliphatic rings. The second-order valence-electron chi connectivity index (χ2n) is 11.3. The number of aryl methyl sites for hydroxylation is 2. The molecule has 9 aromatic rings. The second kappa shape index (κ2) is 10.9. The van der Waals surface area contributed by atoms with Gasteiger partial charge in [-0.25, -0.2) is 4.98 Å². The van der Waals surface area contributed by atoms with Crippen molar-refractivity contribution < 1.29 is 21.1 Å². The first-order valence-corrected chi connectivity index (χ1v) is 14.9. The smallest absolute Gasteiger partial charge is 0.367 e. The summed E-state index contributed by atoms with van der Waals surface area (Å²) >= 11 is 0. The first-order chi connectivity index (χ1) is 22.1. The Morgan fingerprint density at radius 3 is 2.13 bits per heavy atom. The van der Waals surface area contributed by atoms with E-state index in [1.165, 1.54) is 5.56 Å². The van der Waals surface area contributed by atoms with Crippen molar-refractivity contribution in [3.05, 3.63) is 134 Å². The van der Waals surface area contributed by atoms with Crippen LogP contribution in [-0.4, -0.2) is 28.7 Å². The van der Waals surface area contributed by atoms with E-state index in [0.29, 0.717) is 0 Å². The molecule has 0 saturated carbocycles. The Balaban J connectivity index is 0.00000312. The maximum Gasteiger partial charge on any atom is 2.00 e. The summed E-state index contributed by atoms with van der Waals surface area (Å²) in [5.41, 5.74) is 10.9. The monoisotopic (exact) mass is 773 g/mol. The predicted octanol–water partition coefficient (Wildman–Crippen LogP) is 8.55. The average Bonchev–Trinajstić information content (AvgIpc) is 3.73. The number of hydrogen-bond acceptors (Lipinski definition) is 3. The molecule has 7 heteroatoms. The first-order valence-electron chi connectivity index (χ1n) is 14.9. The van der Waals surface area contributed by atoms with Gasteiger partial charge in [0, 0.05) is 20.3 Å². The molecule has 9 rings (SSSR count). The standard InChI is InChI=1S/C39H26N6.Pt/c1-43-34-16-7-6-15-32(34)41-37(43)27-12-8-13-29(22-27)45-36-24-28(17-19-30(36)31-14-9-21-40-39(31)45)38-42-33-23-26(18-20-35(33)44(38)2)25-10-4-3-5-11-25;/h3-21,23H,1-2H3;/q-2;+2. The van der Waals surface area contributed by atoms with Gasteiger partial charge in [-0.3, -0.25) is 9.97 Å². The third-order valence-electron chi connectivity index (χ3n) is 8.71. The fourth-order valence-electron chi connectivity index (χ4n) is 6.49. The molecule has 0 aliphatic heterocycles. The van der Waals surface area contributed by atoms with Crippen LogP contribution in [0.4, 0.5) is 0 Å². The van der Waals surface area contributed by atoms with Crippen LogP contribution in [0.2, 0.25) is 0 Å². The van der Waals surface area contributed by atoms with E-state index in [1.54, 1.807) is 0 Å². The zero-order chi connectivity index (χ0) is 30.1. The van der Waals surface area contributed by atoms with Crippen molar-refractivity contribution in [3.63, 3.8) is 0 Å². The van der Waals surface area contributed by atoms with Gasteiger partial charge in [0.2, 0.25) is 0 Å². The molecule has 4 aromatic heterocycles. The summed E-state index contributed by atoms with van der Waals surface area (Å²) in [4.78, 5) is 14.9. The van der Waals surface area contributed by atoms with Crippen LogP contribution >= 0.6 is 0 Å². The van der Waals surface area contributed by atoms with Crippen molar-refractivity contribution >= 4 is 44.0 Å². The quantitative estimate of drug-likeness (QED) is 0.169. The minimum absolute atomic E-state index is 0. The topological polar surface area (TPSA) is 53.5 Å². The summed E-state index contributed by atoms with van der Waals surface area (Å²) in [6.45, 7) is 0. The minimum Gasteiger partial charge on any atom is -0.367 e. The molecule has 0 atom stereocenters. The molecule has 0 bridgehead atoms. The molecular weight excluding hydrogens is 748 g/mol. The third-order valence-corrected chi connectivity index (χ3v) is 8.71. The number of aromatic nitrogens is 6. The number of nitrogens with zero attached hydrogens (tertiary/aromatic N) is 6.